The van der Waals surface area contributed by atoms with Crippen molar-refractivity contribution in [3.05, 3.63) is 23.4 Å². The first-order valence-corrected chi connectivity index (χ1v) is 6.61. The summed E-state index contributed by atoms with van der Waals surface area (Å²) in [6.07, 6.45) is 4.40. The van der Waals surface area contributed by atoms with Crippen LogP contribution < -0.4 is 10.2 Å². The van der Waals surface area contributed by atoms with Crippen molar-refractivity contribution in [2.24, 2.45) is 0 Å². The molecular formula is C14H23N3. The minimum atomic E-state index is 0.594. The number of hydrogen-bond acceptors (Lipinski definition) is 3. The Morgan fingerprint density at radius 3 is 3.00 bits per heavy atom. The van der Waals surface area contributed by atoms with Gasteiger partial charge in [0.25, 0.3) is 0 Å². The van der Waals surface area contributed by atoms with Gasteiger partial charge in [0.2, 0.25) is 0 Å². The third-order valence-corrected chi connectivity index (χ3v) is 3.48. The van der Waals surface area contributed by atoms with Gasteiger partial charge < -0.3 is 10.2 Å². The van der Waals surface area contributed by atoms with E-state index < -0.39 is 0 Å². The fourth-order valence-electron chi connectivity index (χ4n) is 2.58. The summed E-state index contributed by atoms with van der Waals surface area (Å²) in [5, 5.41) is 3.21. The number of pyridine rings is 1. The van der Waals surface area contributed by atoms with Crippen LogP contribution in [0.2, 0.25) is 0 Å². The van der Waals surface area contributed by atoms with Crippen LogP contribution in [0.4, 0.5) is 5.82 Å². The van der Waals surface area contributed by atoms with Crippen LogP contribution in [0.25, 0.3) is 0 Å². The number of anilines is 1. The fraction of sp³-hybridized carbons (Fsp3) is 0.643. The van der Waals surface area contributed by atoms with Gasteiger partial charge in [0, 0.05) is 25.8 Å². The van der Waals surface area contributed by atoms with Crippen molar-refractivity contribution in [2.45, 2.75) is 32.6 Å². The molecule has 0 atom stereocenters. The highest BCUT2D eigenvalue weighted by Crippen LogP contribution is 2.31. The topological polar surface area (TPSA) is 28.2 Å². The van der Waals surface area contributed by atoms with Crippen LogP contribution in [-0.4, -0.2) is 31.7 Å². The highest BCUT2D eigenvalue weighted by Gasteiger charge is 2.21. The molecule has 0 amide bonds. The second-order valence-electron chi connectivity index (χ2n) is 5.05. The quantitative estimate of drug-likeness (QED) is 0.864. The smallest absolute Gasteiger partial charge is 0.132 e. The Kier molecular flexibility index (Phi) is 4.00. The van der Waals surface area contributed by atoms with Gasteiger partial charge in [0.15, 0.2) is 0 Å². The first kappa shape index (κ1) is 12.4. The lowest BCUT2D eigenvalue weighted by Gasteiger charge is -2.31. The van der Waals surface area contributed by atoms with Crippen LogP contribution >= 0.6 is 0 Å². The first-order valence-electron chi connectivity index (χ1n) is 6.61. The Balaban J connectivity index is 2.28. The Morgan fingerprint density at radius 2 is 2.29 bits per heavy atom. The van der Waals surface area contributed by atoms with E-state index >= 15 is 0 Å². The predicted octanol–water partition coefficient (Wildman–Crippen LogP) is 2.18. The summed E-state index contributed by atoms with van der Waals surface area (Å²) in [5.74, 6) is 1.81. The Hall–Kier alpha value is -1.09. The number of aromatic nitrogens is 1. The largest absolute Gasteiger partial charge is 0.355 e. The standard InChI is InChI=1S/C14H23N3/c1-11(2)12-6-7-16-14-13(12)5-4-9-17(14)10-8-15-3/h6-7,11,15H,4-5,8-10H2,1-3H3. The van der Waals surface area contributed by atoms with Gasteiger partial charge in [-0.3, -0.25) is 0 Å². The van der Waals surface area contributed by atoms with Crippen molar-refractivity contribution >= 4 is 5.82 Å². The SMILES string of the molecule is CNCCN1CCCc2c(C(C)C)ccnc21. The predicted molar refractivity (Wildman–Crippen MR) is 72.8 cm³/mol. The molecule has 1 N–H and O–H groups in total. The third-order valence-electron chi connectivity index (χ3n) is 3.48. The molecule has 3 heteroatoms. The van der Waals surface area contributed by atoms with Crippen LogP contribution in [-0.2, 0) is 6.42 Å². The lowest BCUT2D eigenvalue weighted by Crippen LogP contribution is -2.36. The molecule has 1 aromatic heterocycles. The number of nitrogens with one attached hydrogen (secondary N) is 1. The molecule has 0 bridgehead atoms. The van der Waals surface area contributed by atoms with E-state index in [1.807, 2.05) is 13.2 Å². The summed E-state index contributed by atoms with van der Waals surface area (Å²) in [4.78, 5) is 7.01. The second-order valence-corrected chi connectivity index (χ2v) is 5.05. The van der Waals surface area contributed by atoms with E-state index in [2.05, 4.69) is 35.1 Å². The van der Waals surface area contributed by atoms with Crippen LogP contribution in [0, 0.1) is 0 Å². The third kappa shape index (κ3) is 2.60. The molecule has 1 aliphatic rings. The zero-order chi connectivity index (χ0) is 12.3. The molecule has 2 rings (SSSR count). The van der Waals surface area contributed by atoms with Gasteiger partial charge in [-0.15, -0.1) is 0 Å². The minimum Gasteiger partial charge on any atom is -0.355 e. The molecular weight excluding hydrogens is 210 g/mol. The maximum atomic E-state index is 4.59. The monoisotopic (exact) mass is 233 g/mol. The van der Waals surface area contributed by atoms with Gasteiger partial charge in [-0.1, -0.05) is 13.8 Å². The summed E-state index contributed by atoms with van der Waals surface area (Å²) < 4.78 is 0. The molecule has 0 saturated heterocycles. The normalized spacial score (nSPS) is 15.2. The van der Waals surface area contributed by atoms with Gasteiger partial charge in [0.05, 0.1) is 0 Å². The van der Waals surface area contributed by atoms with E-state index in [0.29, 0.717) is 5.92 Å². The zero-order valence-electron chi connectivity index (χ0n) is 11.2. The number of rotatable bonds is 4. The molecule has 0 fully saturated rings. The van der Waals surface area contributed by atoms with Crippen molar-refractivity contribution in [1.29, 1.82) is 0 Å². The molecule has 3 nitrogen and oxygen atoms in total. The van der Waals surface area contributed by atoms with E-state index in [9.17, 15) is 0 Å². The second kappa shape index (κ2) is 5.50. The molecule has 0 spiro atoms. The van der Waals surface area contributed by atoms with E-state index in [0.717, 1.165) is 19.6 Å². The molecule has 1 aromatic rings. The number of hydrogen-bond donors (Lipinski definition) is 1. The first-order chi connectivity index (χ1) is 8.24. The highest BCUT2D eigenvalue weighted by atomic mass is 15.2. The maximum Gasteiger partial charge on any atom is 0.132 e. The Bertz CT molecular complexity index is 374. The van der Waals surface area contributed by atoms with Gasteiger partial charge in [-0.2, -0.15) is 0 Å². The Morgan fingerprint density at radius 1 is 1.47 bits per heavy atom. The summed E-state index contributed by atoms with van der Waals surface area (Å²) in [6.45, 7) is 7.75. The van der Waals surface area contributed by atoms with Crippen molar-refractivity contribution in [3.8, 4) is 0 Å². The summed E-state index contributed by atoms with van der Waals surface area (Å²) in [6, 6.07) is 2.19. The molecule has 17 heavy (non-hydrogen) atoms. The number of nitrogens with zero attached hydrogens (tertiary/aromatic N) is 2. The molecule has 0 aromatic carbocycles. The average molecular weight is 233 g/mol. The molecule has 0 radical (unpaired) electrons. The molecule has 94 valence electrons. The van der Waals surface area contributed by atoms with Crippen molar-refractivity contribution in [3.63, 3.8) is 0 Å². The number of likely N-dealkylation sites (N-methyl/N-ethyl adjacent to an activating group) is 1. The summed E-state index contributed by atoms with van der Waals surface area (Å²) in [5.41, 5.74) is 2.95. The molecule has 0 unspecified atom stereocenters. The van der Waals surface area contributed by atoms with Crippen molar-refractivity contribution < 1.29 is 0 Å². The number of fused-ring (bicyclic) bond motifs is 1. The van der Waals surface area contributed by atoms with Gasteiger partial charge in [0.1, 0.15) is 5.82 Å². The lowest BCUT2D eigenvalue weighted by molar-refractivity contribution is 0.646. The van der Waals surface area contributed by atoms with Gasteiger partial charge >= 0.3 is 0 Å². The molecule has 0 saturated carbocycles. The van der Waals surface area contributed by atoms with Crippen LogP contribution in [0.1, 0.15) is 37.3 Å². The minimum absolute atomic E-state index is 0.594. The lowest BCUT2D eigenvalue weighted by atomic mass is 9.93. The van der Waals surface area contributed by atoms with E-state index in [-0.39, 0.29) is 0 Å². The fourth-order valence-corrected chi connectivity index (χ4v) is 2.58. The molecule has 2 heterocycles. The highest BCUT2D eigenvalue weighted by molar-refractivity contribution is 5.53. The van der Waals surface area contributed by atoms with Crippen molar-refractivity contribution in [1.82, 2.24) is 10.3 Å². The van der Waals surface area contributed by atoms with E-state index in [4.69, 9.17) is 0 Å². The van der Waals surface area contributed by atoms with E-state index in [1.165, 1.54) is 29.8 Å². The average Bonchev–Trinajstić information content (AvgIpc) is 2.35. The van der Waals surface area contributed by atoms with Crippen LogP contribution in [0.5, 0.6) is 0 Å². The van der Waals surface area contributed by atoms with Crippen LogP contribution in [0.15, 0.2) is 12.3 Å². The van der Waals surface area contributed by atoms with Gasteiger partial charge in [-0.25, -0.2) is 4.98 Å². The maximum absolute atomic E-state index is 4.59. The summed E-state index contributed by atoms with van der Waals surface area (Å²) in [7, 11) is 2.00. The van der Waals surface area contributed by atoms with Gasteiger partial charge in [-0.05, 0) is 43.0 Å². The summed E-state index contributed by atoms with van der Waals surface area (Å²) >= 11 is 0. The Labute approximate surface area is 104 Å². The van der Waals surface area contributed by atoms with Crippen molar-refractivity contribution in [2.75, 3.05) is 31.6 Å². The zero-order valence-corrected chi connectivity index (χ0v) is 11.2. The van der Waals surface area contributed by atoms with E-state index in [1.54, 1.807) is 0 Å². The van der Waals surface area contributed by atoms with Crippen LogP contribution in [0.3, 0.4) is 0 Å². The molecule has 0 aliphatic carbocycles. The molecule has 1 aliphatic heterocycles.